The molecule has 5 nitrogen and oxygen atoms in total. The Morgan fingerprint density at radius 2 is 1.64 bits per heavy atom. The number of Topliss-reactive ketones (excluding diaryl/α,β-unsaturated/α-hetero) is 1. The Morgan fingerprint density at radius 3 is 2.14 bits per heavy atom. The van der Waals surface area contributed by atoms with Crippen LogP contribution < -0.4 is 9.47 Å². The summed E-state index contributed by atoms with van der Waals surface area (Å²) in [4.78, 5) is 15.3. The van der Waals surface area contributed by atoms with Crippen LogP contribution in [0.2, 0.25) is 0 Å². The van der Waals surface area contributed by atoms with E-state index in [1.165, 1.54) is 0 Å². The second-order valence-electron chi connectivity index (χ2n) is 6.14. The Morgan fingerprint density at radius 1 is 1.09 bits per heavy atom. The fraction of sp³-hybridized carbons (Fsp3) is 0.588. The van der Waals surface area contributed by atoms with Crippen molar-refractivity contribution in [1.29, 1.82) is 0 Å². The van der Waals surface area contributed by atoms with Crippen molar-refractivity contribution in [3.05, 3.63) is 23.8 Å². The summed E-state index contributed by atoms with van der Waals surface area (Å²) in [6.07, 6.45) is 1.71. The van der Waals surface area contributed by atoms with Crippen LogP contribution in [0.25, 0.3) is 0 Å². The smallest absolute Gasteiger partial charge is 0.166 e. The van der Waals surface area contributed by atoms with Crippen LogP contribution in [0.4, 0.5) is 0 Å². The van der Waals surface area contributed by atoms with Crippen molar-refractivity contribution in [3.63, 3.8) is 0 Å². The third kappa shape index (κ3) is 2.83. The lowest BCUT2D eigenvalue weighted by atomic mass is 9.81. The van der Waals surface area contributed by atoms with Gasteiger partial charge < -0.3 is 14.2 Å². The summed E-state index contributed by atoms with van der Waals surface area (Å²) in [5.41, 5.74) is 0.671. The Bertz CT molecular complexity index is 523. The van der Waals surface area contributed by atoms with E-state index in [4.69, 9.17) is 14.2 Å². The van der Waals surface area contributed by atoms with E-state index in [1.54, 1.807) is 32.4 Å². The first-order valence-corrected chi connectivity index (χ1v) is 7.69. The van der Waals surface area contributed by atoms with Crippen LogP contribution in [0.5, 0.6) is 11.5 Å². The number of hydrogen-bond donors (Lipinski definition) is 0. The molecular formula is C17H23NO4. The maximum atomic E-state index is 12.9. The van der Waals surface area contributed by atoms with Crippen LogP contribution in [0.1, 0.15) is 23.2 Å². The second-order valence-corrected chi connectivity index (χ2v) is 6.14. The van der Waals surface area contributed by atoms with Gasteiger partial charge in [-0.2, -0.15) is 0 Å². The van der Waals surface area contributed by atoms with Gasteiger partial charge in [-0.05, 0) is 32.0 Å². The molecule has 22 heavy (non-hydrogen) atoms. The van der Waals surface area contributed by atoms with Gasteiger partial charge in [-0.1, -0.05) is 0 Å². The lowest BCUT2D eigenvalue weighted by molar-refractivity contribution is -0.0702. The van der Waals surface area contributed by atoms with Gasteiger partial charge in [0.2, 0.25) is 0 Å². The Labute approximate surface area is 131 Å². The van der Waals surface area contributed by atoms with Crippen molar-refractivity contribution in [2.75, 3.05) is 34.5 Å². The summed E-state index contributed by atoms with van der Waals surface area (Å²) < 4.78 is 16.2. The number of methoxy groups -OCH3 is 2. The van der Waals surface area contributed by atoms with E-state index in [2.05, 4.69) is 11.9 Å². The molecule has 1 aromatic carbocycles. The molecule has 2 aliphatic heterocycles. The fourth-order valence-corrected chi connectivity index (χ4v) is 3.49. The van der Waals surface area contributed by atoms with Crippen molar-refractivity contribution in [2.45, 2.75) is 24.9 Å². The Balaban J connectivity index is 1.82. The van der Waals surface area contributed by atoms with Crippen LogP contribution in [0, 0.1) is 5.92 Å². The van der Waals surface area contributed by atoms with E-state index < -0.39 is 0 Å². The van der Waals surface area contributed by atoms with Gasteiger partial charge in [0.25, 0.3) is 0 Å². The molecule has 3 rings (SSSR count). The summed E-state index contributed by atoms with van der Waals surface area (Å²) in [5, 5.41) is 0. The largest absolute Gasteiger partial charge is 0.497 e. The summed E-state index contributed by atoms with van der Waals surface area (Å²) in [6.45, 7) is 1.44. The highest BCUT2D eigenvalue weighted by Crippen LogP contribution is 2.33. The predicted molar refractivity (Wildman–Crippen MR) is 82.8 cm³/mol. The maximum Gasteiger partial charge on any atom is 0.166 e. The second kappa shape index (κ2) is 6.26. The lowest BCUT2D eigenvalue weighted by Gasteiger charge is -2.46. The lowest BCUT2D eigenvalue weighted by Crippen LogP contribution is -2.55. The Hall–Kier alpha value is -1.59. The van der Waals surface area contributed by atoms with Gasteiger partial charge >= 0.3 is 0 Å². The van der Waals surface area contributed by atoms with Gasteiger partial charge in [0.1, 0.15) is 11.5 Å². The van der Waals surface area contributed by atoms with E-state index in [0.717, 1.165) is 26.1 Å². The molecule has 0 amide bonds. The minimum absolute atomic E-state index is 0.0481. The minimum Gasteiger partial charge on any atom is -0.497 e. The number of piperidine rings is 1. The predicted octanol–water partition coefficient (Wildman–Crippen LogP) is 2.00. The molecule has 0 N–H and O–H groups in total. The van der Waals surface area contributed by atoms with E-state index in [9.17, 15) is 4.79 Å². The standard InChI is InChI=1S/C17H23NO4/c1-18-13-4-11(5-14(18)10-22-9-13)17(19)12-6-15(20-2)8-16(7-12)21-3/h6-8,11,13-14H,4-5,9-10H2,1-3H3. The van der Waals surface area contributed by atoms with E-state index in [-0.39, 0.29) is 11.7 Å². The monoisotopic (exact) mass is 305 g/mol. The number of benzene rings is 1. The first-order chi connectivity index (χ1) is 10.6. The number of carbonyl (C=O) groups excluding carboxylic acids is 1. The number of ketones is 1. The van der Waals surface area contributed by atoms with Crippen molar-refractivity contribution in [2.24, 2.45) is 5.92 Å². The van der Waals surface area contributed by atoms with E-state index in [0.29, 0.717) is 29.1 Å². The first kappa shape index (κ1) is 15.3. The number of morpholine rings is 1. The number of rotatable bonds is 4. The molecule has 0 saturated carbocycles. The molecule has 2 atom stereocenters. The van der Waals surface area contributed by atoms with Gasteiger partial charge in [0.15, 0.2) is 5.78 Å². The molecular weight excluding hydrogens is 282 g/mol. The topological polar surface area (TPSA) is 48.0 Å². The molecule has 2 saturated heterocycles. The number of likely N-dealkylation sites (N-methyl/N-ethyl adjacent to an activating group) is 1. The van der Waals surface area contributed by atoms with E-state index >= 15 is 0 Å². The molecule has 2 unspecified atom stereocenters. The fourth-order valence-electron chi connectivity index (χ4n) is 3.49. The zero-order valence-corrected chi connectivity index (χ0v) is 13.4. The molecule has 0 aliphatic carbocycles. The van der Waals surface area contributed by atoms with Crippen LogP contribution in [0.15, 0.2) is 18.2 Å². The van der Waals surface area contributed by atoms with Crippen LogP contribution in [0.3, 0.4) is 0 Å². The highest BCUT2D eigenvalue weighted by molar-refractivity contribution is 5.98. The summed E-state index contributed by atoms with van der Waals surface area (Å²) >= 11 is 0. The summed E-state index contributed by atoms with van der Waals surface area (Å²) in [6, 6.07) is 6.07. The van der Waals surface area contributed by atoms with Gasteiger partial charge in [-0.3, -0.25) is 9.69 Å². The molecule has 2 bridgehead atoms. The number of ether oxygens (including phenoxy) is 3. The van der Waals surface area contributed by atoms with Crippen LogP contribution >= 0.6 is 0 Å². The normalized spacial score (nSPS) is 28.2. The molecule has 0 radical (unpaired) electrons. The third-order valence-electron chi connectivity index (χ3n) is 4.89. The summed E-state index contributed by atoms with van der Waals surface area (Å²) in [5.74, 6) is 1.53. The quantitative estimate of drug-likeness (QED) is 0.796. The zero-order chi connectivity index (χ0) is 15.7. The molecule has 2 aliphatic rings. The SMILES string of the molecule is COc1cc(OC)cc(C(=O)C2CC3COCC(C2)N3C)c1. The minimum atomic E-state index is 0.0481. The first-order valence-electron chi connectivity index (χ1n) is 7.69. The number of nitrogens with zero attached hydrogens (tertiary/aromatic N) is 1. The highest BCUT2D eigenvalue weighted by atomic mass is 16.5. The molecule has 1 aromatic rings. The molecule has 0 aromatic heterocycles. The maximum absolute atomic E-state index is 12.9. The Kier molecular flexibility index (Phi) is 4.36. The van der Waals surface area contributed by atoms with Crippen LogP contribution in [-0.4, -0.2) is 57.2 Å². The van der Waals surface area contributed by atoms with Gasteiger partial charge in [-0.15, -0.1) is 0 Å². The zero-order valence-electron chi connectivity index (χ0n) is 13.4. The van der Waals surface area contributed by atoms with Gasteiger partial charge in [-0.25, -0.2) is 0 Å². The average Bonchev–Trinajstić information content (AvgIpc) is 2.53. The number of carbonyl (C=O) groups is 1. The van der Waals surface area contributed by atoms with Crippen molar-refractivity contribution in [1.82, 2.24) is 4.90 Å². The average molecular weight is 305 g/mol. The third-order valence-corrected chi connectivity index (χ3v) is 4.89. The molecule has 5 heteroatoms. The number of fused-ring (bicyclic) bond motifs is 2. The number of hydrogen-bond acceptors (Lipinski definition) is 5. The van der Waals surface area contributed by atoms with Gasteiger partial charge in [0, 0.05) is 29.6 Å². The molecule has 2 fully saturated rings. The van der Waals surface area contributed by atoms with Crippen LogP contribution in [-0.2, 0) is 4.74 Å². The summed E-state index contributed by atoms with van der Waals surface area (Å²) in [7, 11) is 5.33. The molecule has 2 heterocycles. The van der Waals surface area contributed by atoms with E-state index in [1.807, 2.05) is 0 Å². The van der Waals surface area contributed by atoms with Crippen molar-refractivity contribution >= 4 is 5.78 Å². The molecule has 120 valence electrons. The van der Waals surface area contributed by atoms with Crippen molar-refractivity contribution in [3.8, 4) is 11.5 Å². The highest BCUT2D eigenvalue weighted by Gasteiger charge is 2.39. The van der Waals surface area contributed by atoms with Gasteiger partial charge in [0.05, 0.1) is 27.4 Å². The molecule has 0 spiro atoms. The van der Waals surface area contributed by atoms with Crippen molar-refractivity contribution < 1.29 is 19.0 Å².